The van der Waals surface area contributed by atoms with E-state index < -0.39 is 5.97 Å². The van der Waals surface area contributed by atoms with E-state index in [-0.39, 0.29) is 17.8 Å². The van der Waals surface area contributed by atoms with E-state index in [2.05, 4.69) is 5.32 Å². The molecule has 2 atom stereocenters. The topological polar surface area (TPSA) is 49.3 Å². The molecule has 0 aliphatic carbocycles. The molecular weight excluding hydrogens is 221 g/mol. The molecule has 2 rings (SSSR count). The average Bonchev–Trinajstić information content (AvgIpc) is 2.33. The van der Waals surface area contributed by atoms with Gasteiger partial charge in [0, 0.05) is 6.04 Å². The fraction of sp³-hybridized carbons (Fsp3) is 0.462. The normalized spacial score (nSPS) is 24.6. The summed E-state index contributed by atoms with van der Waals surface area (Å²) < 4.78 is 13.2. The molecule has 0 aromatic heterocycles. The second kappa shape index (κ2) is 4.84. The lowest BCUT2D eigenvalue weighted by Gasteiger charge is -2.28. The molecule has 17 heavy (non-hydrogen) atoms. The predicted octanol–water partition coefficient (Wildman–Crippen LogP) is 2.26. The predicted molar refractivity (Wildman–Crippen MR) is 62.2 cm³/mol. The molecule has 0 radical (unpaired) electrons. The third-order valence-electron chi connectivity index (χ3n) is 3.34. The van der Waals surface area contributed by atoms with E-state index in [0.29, 0.717) is 24.9 Å². The molecule has 1 saturated heterocycles. The Kier molecular flexibility index (Phi) is 3.43. The summed E-state index contributed by atoms with van der Waals surface area (Å²) in [5, 5.41) is 12.3. The van der Waals surface area contributed by atoms with Gasteiger partial charge in [-0.1, -0.05) is 12.1 Å². The summed E-state index contributed by atoms with van der Waals surface area (Å²) in [6.07, 6.45) is 1.23. The van der Waals surface area contributed by atoms with Crippen molar-refractivity contribution in [3.63, 3.8) is 0 Å². The van der Waals surface area contributed by atoms with Gasteiger partial charge in [0.05, 0.1) is 5.92 Å². The second-order valence-electron chi connectivity index (χ2n) is 4.57. The Labute approximate surface area is 99.7 Å². The van der Waals surface area contributed by atoms with Gasteiger partial charge in [-0.05, 0) is 43.5 Å². The minimum atomic E-state index is -0.740. The number of halogens is 1. The van der Waals surface area contributed by atoms with Crippen molar-refractivity contribution in [2.45, 2.75) is 25.8 Å². The van der Waals surface area contributed by atoms with Crippen LogP contribution in [0, 0.1) is 18.7 Å². The zero-order chi connectivity index (χ0) is 12.4. The largest absolute Gasteiger partial charge is 0.481 e. The molecule has 0 saturated carbocycles. The van der Waals surface area contributed by atoms with Crippen molar-refractivity contribution in [1.29, 1.82) is 0 Å². The minimum absolute atomic E-state index is 0.0177. The van der Waals surface area contributed by atoms with Gasteiger partial charge in [-0.3, -0.25) is 4.79 Å². The van der Waals surface area contributed by atoms with Crippen LogP contribution >= 0.6 is 0 Å². The highest BCUT2D eigenvalue weighted by atomic mass is 19.1. The number of piperidine rings is 1. The first-order valence-electron chi connectivity index (χ1n) is 5.80. The Bertz CT molecular complexity index is 433. The summed E-state index contributed by atoms with van der Waals surface area (Å²) >= 11 is 0. The Morgan fingerprint density at radius 2 is 2.29 bits per heavy atom. The summed E-state index contributed by atoms with van der Waals surface area (Å²) in [7, 11) is 0. The summed E-state index contributed by atoms with van der Waals surface area (Å²) in [5.41, 5.74) is 1.57. The number of hydrogen-bond acceptors (Lipinski definition) is 2. The van der Waals surface area contributed by atoms with Gasteiger partial charge in [-0.2, -0.15) is 0 Å². The van der Waals surface area contributed by atoms with E-state index in [1.54, 1.807) is 19.1 Å². The summed E-state index contributed by atoms with van der Waals surface area (Å²) in [6.45, 7) is 2.41. The van der Waals surface area contributed by atoms with Crippen LogP contribution in [0.1, 0.15) is 30.0 Å². The molecule has 1 aromatic carbocycles. The van der Waals surface area contributed by atoms with Crippen LogP contribution in [-0.4, -0.2) is 17.6 Å². The number of rotatable bonds is 2. The van der Waals surface area contributed by atoms with Crippen LogP contribution in [0.3, 0.4) is 0 Å². The molecule has 92 valence electrons. The number of aliphatic carboxylic acids is 1. The lowest BCUT2D eigenvalue weighted by atomic mass is 9.88. The van der Waals surface area contributed by atoms with Crippen molar-refractivity contribution < 1.29 is 14.3 Å². The molecule has 4 heteroatoms. The summed E-state index contributed by atoms with van der Waals surface area (Å²) in [4.78, 5) is 11.0. The SMILES string of the molecule is Cc1cc(C2CC(C(=O)O)CCN2)ccc1F. The number of nitrogens with one attached hydrogen (secondary N) is 1. The Balaban J connectivity index is 2.16. The summed E-state index contributed by atoms with van der Waals surface area (Å²) in [6, 6.07) is 4.97. The van der Waals surface area contributed by atoms with E-state index in [4.69, 9.17) is 5.11 Å². The van der Waals surface area contributed by atoms with E-state index in [1.807, 2.05) is 0 Å². The van der Waals surface area contributed by atoms with Crippen molar-refractivity contribution in [1.82, 2.24) is 5.32 Å². The number of benzene rings is 1. The second-order valence-corrected chi connectivity index (χ2v) is 4.57. The molecule has 1 aliphatic rings. The molecule has 2 unspecified atom stereocenters. The summed E-state index contributed by atoms with van der Waals surface area (Å²) in [5.74, 6) is -1.26. The fourth-order valence-corrected chi connectivity index (χ4v) is 2.28. The lowest BCUT2D eigenvalue weighted by Crippen LogP contribution is -2.34. The third kappa shape index (κ3) is 2.64. The van der Waals surface area contributed by atoms with Crippen molar-refractivity contribution in [2.75, 3.05) is 6.54 Å². The quantitative estimate of drug-likeness (QED) is 0.829. The molecule has 0 bridgehead atoms. The molecule has 1 aliphatic heterocycles. The number of hydrogen-bond donors (Lipinski definition) is 2. The molecule has 1 heterocycles. The molecule has 0 spiro atoms. The van der Waals surface area contributed by atoms with Crippen LogP contribution in [0.4, 0.5) is 4.39 Å². The molecule has 0 amide bonds. The maximum absolute atomic E-state index is 13.2. The standard InChI is InChI=1S/C13H16FNO2/c1-8-6-9(2-3-11(8)14)12-7-10(13(16)17)4-5-15-12/h2-3,6,10,12,15H,4-5,7H2,1H3,(H,16,17). The van der Waals surface area contributed by atoms with E-state index >= 15 is 0 Å². The molecule has 1 aromatic rings. The first-order valence-corrected chi connectivity index (χ1v) is 5.80. The van der Waals surface area contributed by atoms with Gasteiger partial charge < -0.3 is 10.4 Å². The van der Waals surface area contributed by atoms with Gasteiger partial charge >= 0.3 is 5.97 Å². The minimum Gasteiger partial charge on any atom is -0.481 e. The molecule has 2 N–H and O–H groups in total. The van der Waals surface area contributed by atoms with Gasteiger partial charge in [0.2, 0.25) is 0 Å². The molecule has 1 fully saturated rings. The Hall–Kier alpha value is -1.42. The molecule has 3 nitrogen and oxygen atoms in total. The van der Waals surface area contributed by atoms with Crippen LogP contribution in [0.2, 0.25) is 0 Å². The number of aryl methyl sites for hydroxylation is 1. The Morgan fingerprint density at radius 1 is 1.53 bits per heavy atom. The maximum atomic E-state index is 13.2. The van der Waals surface area contributed by atoms with Gasteiger partial charge in [-0.15, -0.1) is 0 Å². The van der Waals surface area contributed by atoms with Crippen molar-refractivity contribution >= 4 is 5.97 Å². The van der Waals surface area contributed by atoms with Crippen LogP contribution in [0.25, 0.3) is 0 Å². The van der Waals surface area contributed by atoms with Gasteiger partial charge in [0.15, 0.2) is 0 Å². The van der Waals surface area contributed by atoms with Crippen molar-refractivity contribution in [2.24, 2.45) is 5.92 Å². The van der Waals surface area contributed by atoms with E-state index in [0.717, 1.165) is 5.56 Å². The monoisotopic (exact) mass is 237 g/mol. The van der Waals surface area contributed by atoms with E-state index in [9.17, 15) is 9.18 Å². The van der Waals surface area contributed by atoms with Crippen molar-refractivity contribution in [3.05, 3.63) is 35.1 Å². The van der Waals surface area contributed by atoms with Crippen LogP contribution in [0.15, 0.2) is 18.2 Å². The third-order valence-corrected chi connectivity index (χ3v) is 3.34. The van der Waals surface area contributed by atoms with Crippen molar-refractivity contribution in [3.8, 4) is 0 Å². The van der Waals surface area contributed by atoms with Gasteiger partial charge in [0.1, 0.15) is 5.82 Å². The smallest absolute Gasteiger partial charge is 0.306 e. The van der Waals surface area contributed by atoms with E-state index in [1.165, 1.54) is 6.07 Å². The molecular formula is C13H16FNO2. The maximum Gasteiger partial charge on any atom is 0.306 e. The first kappa shape index (κ1) is 12.0. The highest BCUT2D eigenvalue weighted by Gasteiger charge is 2.27. The number of carboxylic acids is 1. The number of carboxylic acid groups (broad SMARTS) is 1. The van der Waals surface area contributed by atoms with Gasteiger partial charge in [0.25, 0.3) is 0 Å². The van der Waals surface area contributed by atoms with Crippen LogP contribution in [0.5, 0.6) is 0 Å². The number of carbonyl (C=O) groups is 1. The zero-order valence-electron chi connectivity index (χ0n) is 9.74. The lowest BCUT2D eigenvalue weighted by molar-refractivity contribution is -0.143. The van der Waals surface area contributed by atoms with Crippen LogP contribution < -0.4 is 5.32 Å². The zero-order valence-corrected chi connectivity index (χ0v) is 9.74. The van der Waals surface area contributed by atoms with Crippen LogP contribution in [-0.2, 0) is 4.79 Å². The first-order chi connectivity index (χ1) is 8.08. The van der Waals surface area contributed by atoms with Gasteiger partial charge in [-0.25, -0.2) is 4.39 Å². The Morgan fingerprint density at radius 3 is 2.94 bits per heavy atom. The fourth-order valence-electron chi connectivity index (χ4n) is 2.28. The average molecular weight is 237 g/mol. The highest BCUT2D eigenvalue weighted by Crippen LogP contribution is 2.28. The highest BCUT2D eigenvalue weighted by molar-refractivity contribution is 5.70.